The molecule has 0 saturated heterocycles. The van der Waals surface area contributed by atoms with E-state index in [-0.39, 0.29) is 5.91 Å². The predicted molar refractivity (Wildman–Crippen MR) is 55.1 cm³/mol. The smallest absolute Gasteiger partial charge is 0.221 e. The van der Waals surface area contributed by atoms with Crippen LogP contribution in [0.2, 0.25) is 0 Å². The van der Waals surface area contributed by atoms with Crippen LogP contribution in [-0.4, -0.2) is 29.1 Å². The molecule has 0 saturated carbocycles. The van der Waals surface area contributed by atoms with E-state index < -0.39 is 0 Å². The van der Waals surface area contributed by atoms with E-state index in [9.17, 15) is 4.79 Å². The largest absolute Gasteiger partial charge is 0.359 e. The summed E-state index contributed by atoms with van der Waals surface area (Å²) in [7, 11) is 1.63. The van der Waals surface area contributed by atoms with Gasteiger partial charge in [-0.05, 0) is 6.92 Å². The first-order valence-corrected chi connectivity index (χ1v) is 4.73. The molecule has 0 spiro atoms. The number of nitrogens with zero attached hydrogens (tertiary/aromatic N) is 2. The van der Waals surface area contributed by atoms with Crippen LogP contribution in [0.25, 0.3) is 0 Å². The number of carbonyl (C=O) groups excluding carboxylic acids is 1. The summed E-state index contributed by atoms with van der Waals surface area (Å²) in [5, 5.41) is 5.67. The van der Waals surface area contributed by atoms with Gasteiger partial charge in [0, 0.05) is 39.0 Å². The number of hydrogen-bond donors (Lipinski definition) is 2. The third-order valence-electron chi connectivity index (χ3n) is 1.97. The summed E-state index contributed by atoms with van der Waals surface area (Å²) in [6.07, 6.45) is 4.11. The number of rotatable bonds is 5. The average molecular weight is 196 g/mol. The van der Waals surface area contributed by atoms with Crippen LogP contribution in [0, 0.1) is 0 Å². The van der Waals surface area contributed by atoms with Gasteiger partial charge in [0.1, 0.15) is 0 Å². The van der Waals surface area contributed by atoms with Crippen molar-refractivity contribution in [2.75, 3.05) is 18.9 Å². The molecule has 1 heterocycles. The molecule has 0 radical (unpaired) electrons. The summed E-state index contributed by atoms with van der Waals surface area (Å²) in [5.74, 6) is 0.850. The van der Waals surface area contributed by atoms with E-state index in [2.05, 4.69) is 15.6 Å². The van der Waals surface area contributed by atoms with E-state index in [4.69, 9.17) is 0 Å². The van der Waals surface area contributed by atoms with Gasteiger partial charge >= 0.3 is 0 Å². The Morgan fingerprint density at radius 1 is 1.64 bits per heavy atom. The Labute approximate surface area is 83.5 Å². The van der Waals surface area contributed by atoms with Crippen LogP contribution in [-0.2, 0) is 11.3 Å². The Morgan fingerprint density at radius 3 is 3.07 bits per heavy atom. The Balaban J connectivity index is 2.34. The maximum absolute atomic E-state index is 10.9. The third kappa shape index (κ3) is 2.76. The van der Waals surface area contributed by atoms with Crippen molar-refractivity contribution < 1.29 is 4.79 Å². The minimum absolute atomic E-state index is 0.0344. The number of imidazole rings is 1. The minimum atomic E-state index is 0.0344. The van der Waals surface area contributed by atoms with E-state index in [1.165, 1.54) is 0 Å². The molecule has 1 aromatic rings. The van der Waals surface area contributed by atoms with Gasteiger partial charge in [-0.1, -0.05) is 0 Å². The van der Waals surface area contributed by atoms with Gasteiger partial charge in [-0.25, -0.2) is 4.98 Å². The van der Waals surface area contributed by atoms with Crippen molar-refractivity contribution in [3.05, 3.63) is 12.4 Å². The van der Waals surface area contributed by atoms with Crippen LogP contribution < -0.4 is 10.6 Å². The normalized spacial score (nSPS) is 9.86. The lowest BCUT2D eigenvalue weighted by molar-refractivity contribution is -0.120. The van der Waals surface area contributed by atoms with Gasteiger partial charge in [0.05, 0.1) is 0 Å². The highest BCUT2D eigenvalue weighted by Gasteiger charge is 2.01. The summed E-state index contributed by atoms with van der Waals surface area (Å²) < 4.78 is 1.99. The lowest BCUT2D eigenvalue weighted by atomic mass is 10.4. The third-order valence-corrected chi connectivity index (χ3v) is 1.97. The van der Waals surface area contributed by atoms with Crippen LogP contribution in [0.15, 0.2) is 12.4 Å². The fourth-order valence-electron chi connectivity index (χ4n) is 1.14. The Morgan fingerprint density at radius 2 is 2.43 bits per heavy atom. The molecule has 1 aromatic heterocycles. The Bertz CT molecular complexity index is 295. The van der Waals surface area contributed by atoms with E-state index >= 15 is 0 Å². The molecule has 0 atom stereocenters. The maximum atomic E-state index is 10.9. The molecule has 78 valence electrons. The molecule has 0 bridgehead atoms. The number of carbonyl (C=O) groups is 1. The molecule has 1 amide bonds. The van der Waals surface area contributed by atoms with Gasteiger partial charge in [0.2, 0.25) is 11.9 Å². The second-order valence-electron chi connectivity index (χ2n) is 2.89. The predicted octanol–water partition coefficient (Wildman–Crippen LogP) is 0.451. The zero-order chi connectivity index (χ0) is 10.4. The zero-order valence-corrected chi connectivity index (χ0v) is 8.58. The number of anilines is 1. The molecular weight excluding hydrogens is 180 g/mol. The Kier molecular flexibility index (Phi) is 3.97. The highest BCUT2D eigenvalue weighted by molar-refractivity contribution is 5.75. The highest BCUT2D eigenvalue weighted by Crippen LogP contribution is 2.02. The average Bonchev–Trinajstić information content (AvgIpc) is 2.65. The van der Waals surface area contributed by atoms with Gasteiger partial charge in [-0.2, -0.15) is 0 Å². The number of aromatic nitrogens is 2. The van der Waals surface area contributed by atoms with Crippen molar-refractivity contribution in [1.82, 2.24) is 14.9 Å². The quantitative estimate of drug-likeness (QED) is 0.719. The summed E-state index contributed by atoms with van der Waals surface area (Å²) >= 11 is 0. The Hall–Kier alpha value is -1.52. The number of amides is 1. The van der Waals surface area contributed by atoms with Crippen molar-refractivity contribution in [3.63, 3.8) is 0 Å². The summed E-state index contributed by atoms with van der Waals surface area (Å²) in [6, 6.07) is 0. The molecule has 1 rings (SSSR count). The van der Waals surface area contributed by atoms with Gasteiger partial charge in [-0.3, -0.25) is 4.79 Å². The molecule has 2 N–H and O–H groups in total. The van der Waals surface area contributed by atoms with Crippen LogP contribution in [0.5, 0.6) is 0 Å². The van der Waals surface area contributed by atoms with Crippen molar-refractivity contribution >= 4 is 11.9 Å². The van der Waals surface area contributed by atoms with Crippen LogP contribution in [0.4, 0.5) is 5.95 Å². The first-order valence-electron chi connectivity index (χ1n) is 4.73. The standard InChI is InChI=1S/C9H16N4O/c1-3-13-7-6-12-9(13)11-5-4-8(14)10-2/h6-7H,3-5H2,1-2H3,(H,10,14)(H,11,12). The van der Waals surface area contributed by atoms with Crippen molar-refractivity contribution in [3.8, 4) is 0 Å². The molecule has 5 heteroatoms. The number of nitrogens with one attached hydrogen (secondary N) is 2. The van der Waals surface area contributed by atoms with E-state index in [1.54, 1.807) is 13.2 Å². The van der Waals surface area contributed by atoms with Crippen molar-refractivity contribution in [2.45, 2.75) is 19.9 Å². The molecule has 0 aromatic carbocycles. The highest BCUT2D eigenvalue weighted by atomic mass is 16.1. The fraction of sp³-hybridized carbons (Fsp3) is 0.556. The van der Waals surface area contributed by atoms with Crippen LogP contribution in [0.3, 0.4) is 0 Å². The monoisotopic (exact) mass is 196 g/mol. The summed E-state index contributed by atoms with van der Waals surface area (Å²) in [6.45, 7) is 3.53. The number of aryl methyl sites for hydroxylation is 1. The van der Waals surface area contributed by atoms with Crippen LogP contribution in [0.1, 0.15) is 13.3 Å². The second-order valence-corrected chi connectivity index (χ2v) is 2.89. The van der Waals surface area contributed by atoms with Crippen LogP contribution >= 0.6 is 0 Å². The van der Waals surface area contributed by atoms with Crippen molar-refractivity contribution in [1.29, 1.82) is 0 Å². The first kappa shape index (κ1) is 10.6. The molecule has 5 nitrogen and oxygen atoms in total. The molecule has 14 heavy (non-hydrogen) atoms. The molecule has 0 unspecified atom stereocenters. The number of hydrogen-bond acceptors (Lipinski definition) is 3. The van der Waals surface area contributed by atoms with Gasteiger partial charge in [-0.15, -0.1) is 0 Å². The molecular formula is C9H16N4O. The van der Waals surface area contributed by atoms with Crippen molar-refractivity contribution in [2.24, 2.45) is 0 Å². The molecule has 0 aliphatic rings. The fourth-order valence-corrected chi connectivity index (χ4v) is 1.14. The lowest BCUT2D eigenvalue weighted by Crippen LogP contribution is -2.21. The lowest BCUT2D eigenvalue weighted by Gasteiger charge is -2.06. The van der Waals surface area contributed by atoms with Gasteiger partial charge < -0.3 is 15.2 Å². The topological polar surface area (TPSA) is 59.0 Å². The summed E-state index contributed by atoms with van der Waals surface area (Å²) in [5.41, 5.74) is 0. The molecule has 0 aliphatic heterocycles. The zero-order valence-electron chi connectivity index (χ0n) is 8.58. The van der Waals surface area contributed by atoms with E-state index in [1.807, 2.05) is 17.7 Å². The maximum Gasteiger partial charge on any atom is 0.221 e. The minimum Gasteiger partial charge on any atom is -0.359 e. The molecule has 0 fully saturated rings. The molecule has 0 aliphatic carbocycles. The van der Waals surface area contributed by atoms with E-state index in [0.29, 0.717) is 13.0 Å². The SMILES string of the molecule is CCn1ccnc1NCCC(=O)NC. The summed E-state index contributed by atoms with van der Waals surface area (Å²) in [4.78, 5) is 15.0. The second kappa shape index (κ2) is 5.26. The van der Waals surface area contributed by atoms with E-state index in [0.717, 1.165) is 12.5 Å². The van der Waals surface area contributed by atoms with Gasteiger partial charge in [0.15, 0.2) is 0 Å². The first-order chi connectivity index (χ1) is 6.77. The van der Waals surface area contributed by atoms with Gasteiger partial charge in [0.25, 0.3) is 0 Å².